The normalized spacial score (nSPS) is 12.4. The van der Waals surface area contributed by atoms with Crippen molar-refractivity contribution in [2.24, 2.45) is 0 Å². The predicted molar refractivity (Wildman–Crippen MR) is 84.0 cm³/mol. The lowest BCUT2D eigenvalue weighted by atomic mass is 10.0. The zero-order chi connectivity index (χ0) is 15.4. The first-order chi connectivity index (χ1) is 10.0. The Kier molecular flexibility index (Phi) is 5.02. The van der Waals surface area contributed by atoms with Crippen LogP contribution in [-0.4, -0.2) is 13.6 Å². The maximum absolute atomic E-state index is 13.6. The number of aryl methyl sites for hydroxylation is 1. The Morgan fingerprint density at radius 3 is 2.67 bits per heavy atom. The van der Waals surface area contributed by atoms with Gasteiger partial charge in [0.25, 0.3) is 0 Å². The van der Waals surface area contributed by atoms with Crippen molar-refractivity contribution in [1.82, 2.24) is 5.32 Å². The van der Waals surface area contributed by atoms with Gasteiger partial charge < -0.3 is 14.6 Å². The predicted octanol–water partition coefficient (Wildman–Crippen LogP) is 4.03. The first-order valence-corrected chi connectivity index (χ1v) is 7.30. The number of halogens is 1. The first-order valence-electron chi connectivity index (χ1n) is 7.30. The average Bonchev–Trinajstić information content (AvgIpc) is 2.84. The number of hydrogen-bond donors (Lipinski definition) is 1. The Morgan fingerprint density at radius 1 is 1.29 bits per heavy atom. The molecule has 0 bridgehead atoms. The molecule has 4 heteroatoms. The van der Waals surface area contributed by atoms with E-state index in [4.69, 9.17) is 4.42 Å². The summed E-state index contributed by atoms with van der Waals surface area (Å²) >= 11 is 0. The summed E-state index contributed by atoms with van der Waals surface area (Å²) in [7, 11) is 1.99. The van der Waals surface area contributed by atoms with E-state index in [2.05, 4.69) is 10.2 Å². The van der Waals surface area contributed by atoms with Crippen molar-refractivity contribution in [3.05, 3.63) is 53.2 Å². The molecule has 0 radical (unpaired) electrons. The van der Waals surface area contributed by atoms with E-state index in [9.17, 15) is 4.39 Å². The van der Waals surface area contributed by atoms with Crippen LogP contribution in [0.25, 0.3) is 0 Å². The monoisotopic (exact) mass is 290 g/mol. The van der Waals surface area contributed by atoms with E-state index in [1.54, 1.807) is 6.07 Å². The number of furan rings is 1. The van der Waals surface area contributed by atoms with Crippen LogP contribution in [-0.2, 0) is 6.54 Å². The van der Waals surface area contributed by atoms with Crippen LogP contribution >= 0.6 is 0 Å². The fourth-order valence-electron chi connectivity index (χ4n) is 2.53. The first kappa shape index (κ1) is 15.6. The van der Waals surface area contributed by atoms with Crippen molar-refractivity contribution in [2.45, 2.75) is 33.4 Å². The molecule has 1 unspecified atom stereocenters. The Morgan fingerprint density at radius 2 is 2.05 bits per heavy atom. The van der Waals surface area contributed by atoms with Crippen molar-refractivity contribution in [3.8, 4) is 0 Å². The molecule has 1 N–H and O–H groups in total. The van der Waals surface area contributed by atoms with Gasteiger partial charge in [-0.15, -0.1) is 0 Å². The van der Waals surface area contributed by atoms with Gasteiger partial charge in [-0.25, -0.2) is 4.39 Å². The largest absolute Gasteiger partial charge is 0.464 e. The van der Waals surface area contributed by atoms with Gasteiger partial charge in [0.15, 0.2) is 0 Å². The van der Waals surface area contributed by atoms with E-state index in [1.807, 2.05) is 46.0 Å². The molecular formula is C17H23FN2O. The maximum Gasteiger partial charge on any atom is 0.123 e. The van der Waals surface area contributed by atoms with Crippen LogP contribution in [0, 0.1) is 12.7 Å². The topological polar surface area (TPSA) is 28.4 Å². The Balaban J connectivity index is 2.25. The lowest BCUT2D eigenvalue weighted by Crippen LogP contribution is -2.23. The second kappa shape index (κ2) is 6.76. The summed E-state index contributed by atoms with van der Waals surface area (Å²) in [6.45, 7) is 7.53. The second-order valence-electron chi connectivity index (χ2n) is 5.35. The molecule has 1 heterocycles. The van der Waals surface area contributed by atoms with Gasteiger partial charge in [-0.1, -0.05) is 6.92 Å². The lowest BCUT2D eigenvalue weighted by molar-refractivity contribution is 0.481. The number of hydrogen-bond acceptors (Lipinski definition) is 3. The highest BCUT2D eigenvalue weighted by atomic mass is 19.1. The molecule has 2 rings (SSSR count). The number of nitrogens with one attached hydrogen (secondary N) is 1. The summed E-state index contributed by atoms with van der Waals surface area (Å²) < 4.78 is 19.2. The van der Waals surface area contributed by atoms with E-state index < -0.39 is 0 Å². The van der Waals surface area contributed by atoms with Crippen LogP contribution < -0.4 is 10.2 Å². The van der Waals surface area contributed by atoms with Crippen molar-refractivity contribution >= 4 is 5.69 Å². The molecule has 0 aliphatic heterocycles. The molecule has 0 saturated heterocycles. The van der Waals surface area contributed by atoms with Gasteiger partial charge in [-0.05, 0) is 56.3 Å². The zero-order valence-corrected chi connectivity index (χ0v) is 13.1. The molecular weight excluding hydrogens is 267 g/mol. The summed E-state index contributed by atoms with van der Waals surface area (Å²) in [5.41, 5.74) is 1.97. The minimum Gasteiger partial charge on any atom is -0.464 e. The van der Waals surface area contributed by atoms with E-state index in [0.29, 0.717) is 6.54 Å². The van der Waals surface area contributed by atoms with E-state index in [0.717, 1.165) is 29.3 Å². The third kappa shape index (κ3) is 3.85. The molecule has 0 amide bonds. The van der Waals surface area contributed by atoms with Crippen LogP contribution in [0.5, 0.6) is 0 Å². The van der Waals surface area contributed by atoms with Crippen LogP contribution in [0.15, 0.2) is 34.7 Å². The van der Waals surface area contributed by atoms with Crippen molar-refractivity contribution in [3.63, 3.8) is 0 Å². The molecule has 1 atom stereocenters. The molecule has 0 saturated carbocycles. The van der Waals surface area contributed by atoms with E-state index >= 15 is 0 Å². The third-order valence-corrected chi connectivity index (χ3v) is 3.57. The molecule has 0 fully saturated rings. The van der Waals surface area contributed by atoms with Gasteiger partial charge in [0.05, 0.1) is 6.54 Å². The van der Waals surface area contributed by atoms with Crippen LogP contribution in [0.3, 0.4) is 0 Å². The molecule has 2 aromatic rings. The Hall–Kier alpha value is -1.81. The Bertz CT molecular complexity index is 594. The smallest absolute Gasteiger partial charge is 0.123 e. The van der Waals surface area contributed by atoms with Gasteiger partial charge in [-0.3, -0.25) is 0 Å². The van der Waals surface area contributed by atoms with Crippen molar-refractivity contribution < 1.29 is 8.81 Å². The summed E-state index contributed by atoms with van der Waals surface area (Å²) in [5.74, 6) is 1.60. The highest BCUT2D eigenvalue weighted by molar-refractivity contribution is 5.54. The Labute approximate surface area is 125 Å². The molecule has 0 aliphatic carbocycles. The van der Waals surface area contributed by atoms with Crippen LogP contribution in [0.1, 0.15) is 37.0 Å². The molecule has 21 heavy (non-hydrogen) atoms. The summed E-state index contributed by atoms with van der Waals surface area (Å²) in [4.78, 5) is 2.08. The number of rotatable bonds is 6. The van der Waals surface area contributed by atoms with Crippen LogP contribution in [0.2, 0.25) is 0 Å². The average molecular weight is 290 g/mol. The van der Waals surface area contributed by atoms with Gasteiger partial charge >= 0.3 is 0 Å². The molecule has 3 nitrogen and oxygen atoms in total. The van der Waals surface area contributed by atoms with Gasteiger partial charge in [0.2, 0.25) is 0 Å². The highest BCUT2D eigenvalue weighted by Gasteiger charge is 2.15. The molecule has 114 valence electrons. The zero-order valence-electron chi connectivity index (χ0n) is 13.1. The fourth-order valence-corrected chi connectivity index (χ4v) is 2.53. The molecule has 1 aromatic carbocycles. The van der Waals surface area contributed by atoms with Crippen LogP contribution in [0.4, 0.5) is 10.1 Å². The summed E-state index contributed by atoms with van der Waals surface area (Å²) in [6, 6.07) is 8.96. The van der Waals surface area contributed by atoms with E-state index in [1.165, 1.54) is 6.07 Å². The summed E-state index contributed by atoms with van der Waals surface area (Å²) in [5, 5.41) is 3.34. The number of nitrogens with zero attached hydrogens (tertiary/aromatic N) is 1. The summed E-state index contributed by atoms with van der Waals surface area (Å²) in [6.07, 6.45) is 0. The van der Waals surface area contributed by atoms with Crippen molar-refractivity contribution in [2.75, 3.05) is 18.5 Å². The SMILES string of the molecule is CCNC(C)c1cc(F)ccc1N(C)Cc1ccc(C)o1. The molecule has 0 aliphatic rings. The van der Waals surface area contributed by atoms with E-state index in [-0.39, 0.29) is 11.9 Å². The number of benzene rings is 1. The highest BCUT2D eigenvalue weighted by Crippen LogP contribution is 2.28. The van der Waals surface area contributed by atoms with Gasteiger partial charge in [0.1, 0.15) is 17.3 Å². The van der Waals surface area contributed by atoms with Gasteiger partial charge in [-0.2, -0.15) is 0 Å². The lowest BCUT2D eigenvalue weighted by Gasteiger charge is -2.25. The fraction of sp³-hybridized carbons (Fsp3) is 0.412. The molecule has 0 spiro atoms. The maximum atomic E-state index is 13.6. The minimum absolute atomic E-state index is 0.0986. The standard InChI is InChI=1S/C17H23FN2O/c1-5-19-13(3)16-10-14(18)7-9-17(16)20(4)11-15-8-6-12(2)21-15/h6-10,13,19H,5,11H2,1-4H3. The van der Waals surface area contributed by atoms with Gasteiger partial charge in [0, 0.05) is 18.8 Å². The number of anilines is 1. The van der Waals surface area contributed by atoms with Crippen molar-refractivity contribution in [1.29, 1.82) is 0 Å². The second-order valence-corrected chi connectivity index (χ2v) is 5.35. The quantitative estimate of drug-likeness (QED) is 0.870. The molecule has 1 aromatic heterocycles. The minimum atomic E-state index is -0.208. The third-order valence-electron chi connectivity index (χ3n) is 3.57.